The Kier molecular flexibility index (Phi) is 3.85. The van der Waals surface area contributed by atoms with Crippen LogP contribution in [0.2, 0.25) is 0 Å². The fourth-order valence-corrected chi connectivity index (χ4v) is 1.93. The number of ketones is 1. The Morgan fingerprint density at radius 3 is 2.42 bits per heavy atom. The maximum Gasteiger partial charge on any atom is 0.196 e. The molecule has 0 bridgehead atoms. The summed E-state index contributed by atoms with van der Waals surface area (Å²) in [6.07, 6.45) is 0. The summed E-state index contributed by atoms with van der Waals surface area (Å²) in [6, 6.07) is 12.7. The van der Waals surface area contributed by atoms with Crippen molar-refractivity contribution in [2.75, 3.05) is 14.2 Å². The van der Waals surface area contributed by atoms with E-state index in [0.717, 1.165) is 5.56 Å². The average molecular weight is 256 g/mol. The fraction of sp³-hybridized carbons (Fsp3) is 0.188. The summed E-state index contributed by atoms with van der Waals surface area (Å²) >= 11 is 0. The van der Waals surface area contributed by atoms with E-state index in [1.807, 2.05) is 25.1 Å². The molecule has 0 atom stereocenters. The summed E-state index contributed by atoms with van der Waals surface area (Å²) in [5.41, 5.74) is 2.20. The van der Waals surface area contributed by atoms with Crippen LogP contribution in [0.1, 0.15) is 21.5 Å². The summed E-state index contributed by atoms with van der Waals surface area (Å²) < 4.78 is 10.4. The molecule has 2 rings (SSSR count). The molecule has 2 aromatic rings. The van der Waals surface area contributed by atoms with Gasteiger partial charge in [-0.15, -0.1) is 0 Å². The molecule has 0 radical (unpaired) electrons. The first-order valence-electron chi connectivity index (χ1n) is 5.99. The maximum absolute atomic E-state index is 12.5. The van der Waals surface area contributed by atoms with E-state index in [1.165, 1.54) is 0 Å². The van der Waals surface area contributed by atoms with Crippen LogP contribution in [0, 0.1) is 6.92 Å². The molecule has 0 saturated heterocycles. The number of methoxy groups -OCH3 is 2. The Morgan fingerprint density at radius 1 is 1.00 bits per heavy atom. The minimum absolute atomic E-state index is 0.0700. The zero-order valence-electron chi connectivity index (χ0n) is 11.3. The second kappa shape index (κ2) is 5.57. The molecular formula is C16H16O3. The summed E-state index contributed by atoms with van der Waals surface area (Å²) in [6.45, 7) is 1.96. The Labute approximate surface area is 112 Å². The van der Waals surface area contributed by atoms with Crippen molar-refractivity contribution in [1.29, 1.82) is 0 Å². The van der Waals surface area contributed by atoms with Crippen LogP contribution in [0.15, 0.2) is 42.5 Å². The third kappa shape index (κ3) is 2.76. The monoisotopic (exact) mass is 256 g/mol. The topological polar surface area (TPSA) is 35.5 Å². The third-order valence-corrected chi connectivity index (χ3v) is 2.93. The van der Waals surface area contributed by atoms with Gasteiger partial charge in [0.1, 0.15) is 11.5 Å². The third-order valence-electron chi connectivity index (χ3n) is 2.93. The molecule has 3 heteroatoms. The molecule has 0 fully saturated rings. The zero-order chi connectivity index (χ0) is 13.8. The molecule has 0 N–H and O–H groups in total. The number of hydrogen-bond acceptors (Lipinski definition) is 3. The number of carbonyl (C=O) groups is 1. The van der Waals surface area contributed by atoms with E-state index in [2.05, 4.69) is 0 Å². The normalized spacial score (nSPS) is 10.1. The predicted molar refractivity (Wildman–Crippen MR) is 74.2 cm³/mol. The first-order valence-corrected chi connectivity index (χ1v) is 5.99. The van der Waals surface area contributed by atoms with Crippen LogP contribution in [-0.4, -0.2) is 20.0 Å². The van der Waals surface area contributed by atoms with Crippen LogP contribution in [0.25, 0.3) is 0 Å². The highest BCUT2D eigenvalue weighted by Gasteiger charge is 2.15. The van der Waals surface area contributed by atoms with Crippen LogP contribution < -0.4 is 9.47 Å². The minimum Gasteiger partial charge on any atom is -0.497 e. The summed E-state index contributed by atoms with van der Waals surface area (Å²) in [4.78, 5) is 12.5. The lowest BCUT2D eigenvalue weighted by molar-refractivity contribution is 0.103. The van der Waals surface area contributed by atoms with Crippen molar-refractivity contribution in [2.24, 2.45) is 0 Å². The largest absolute Gasteiger partial charge is 0.497 e. The summed E-state index contributed by atoms with van der Waals surface area (Å²) in [5, 5.41) is 0. The van der Waals surface area contributed by atoms with Gasteiger partial charge in [0.2, 0.25) is 0 Å². The molecule has 0 aliphatic heterocycles. The van der Waals surface area contributed by atoms with Crippen molar-refractivity contribution in [1.82, 2.24) is 0 Å². The standard InChI is InChI=1S/C16H16O3/c1-11-5-4-6-12(9-11)16(17)14-10-13(18-2)7-8-15(14)19-3/h4-10H,1-3H3. The Bertz CT molecular complexity index is 603. The van der Waals surface area contributed by atoms with Gasteiger partial charge >= 0.3 is 0 Å². The van der Waals surface area contributed by atoms with Crippen molar-refractivity contribution in [3.05, 3.63) is 59.2 Å². The first-order chi connectivity index (χ1) is 9.15. The predicted octanol–water partition coefficient (Wildman–Crippen LogP) is 3.24. The highest BCUT2D eigenvalue weighted by atomic mass is 16.5. The van der Waals surface area contributed by atoms with Crippen molar-refractivity contribution in [3.8, 4) is 11.5 Å². The Morgan fingerprint density at radius 2 is 1.79 bits per heavy atom. The van der Waals surface area contributed by atoms with Gasteiger partial charge in [-0.3, -0.25) is 4.79 Å². The van der Waals surface area contributed by atoms with E-state index in [4.69, 9.17) is 9.47 Å². The van der Waals surface area contributed by atoms with Crippen LogP contribution in [0.3, 0.4) is 0 Å². The van der Waals surface area contributed by atoms with E-state index in [1.54, 1.807) is 38.5 Å². The maximum atomic E-state index is 12.5. The van der Waals surface area contributed by atoms with Crippen LogP contribution in [0.5, 0.6) is 11.5 Å². The van der Waals surface area contributed by atoms with E-state index < -0.39 is 0 Å². The highest BCUT2D eigenvalue weighted by Crippen LogP contribution is 2.26. The van der Waals surface area contributed by atoms with E-state index >= 15 is 0 Å². The molecule has 0 aromatic heterocycles. The van der Waals surface area contributed by atoms with E-state index in [-0.39, 0.29) is 5.78 Å². The summed E-state index contributed by atoms with van der Waals surface area (Å²) in [5.74, 6) is 1.11. The quantitative estimate of drug-likeness (QED) is 0.788. The zero-order valence-corrected chi connectivity index (χ0v) is 11.3. The van der Waals surface area contributed by atoms with Gasteiger partial charge in [-0.1, -0.05) is 23.8 Å². The fourth-order valence-electron chi connectivity index (χ4n) is 1.93. The number of carbonyl (C=O) groups excluding carboxylic acids is 1. The second-order valence-electron chi connectivity index (χ2n) is 4.26. The first kappa shape index (κ1) is 13.1. The number of benzene rings is 2. The van der Waals surface area contributed by atoms with Gasteiger partial charge in [0.25, 0.3) is 0 Å². The molecule has 98 valence electrons. The van der Waals surface area contributed by atoms with E-state index in [0.29, 0.717) is 22.6 Å². The molecule has 0 heterocycles. The molecule has 19 heavy (non-hydrogen) atoms. The number of rotatable bonds is 4. The van der Waals surface area contributed by atoms with Gasteiger partial charge in [0.05, 0.1) is 19.8 Å². The Hall–Kier alpha value is -2.29. The number of ether oxygens (including phenoxy) is 2. The van der Waals surface area contributed by atoms with Gasteiger partial charge < -0.3 is 9.47 Å². The Balaban J connectivity index is 2.48. The number of hydrogen-bond donors (Lipinski definition) is 0. The van der Waals surface area contributed by atoms with Gasteiger partial charge in [-0.25, -0.2) is 0 Å². The van der Waals surface area contributed by atoms with Crippen molar-refractivity contribution < 1.29 is 14.3 Å². The van der Waals surface area contributed by atoms with Gasteiger partial charge in [-0.05, 0) is 31.2 Å². The molecule has 3 nitrogen and oxygen atoms in total. The smallest absolute Gasteiger partial charge is 0.196 e. The van der Waals surface area contributed by atoms with Crippen LogP contribution in [0.4, 0.5) is 0 Å². The molecular weight excluding hydrogens is 240 g/mol. The van der Waals surface area contributed by atoms with E-state index in [9.17, 15) is 4.79 Å². The van der Waals surface area contributed by atoms with Gasteiger partial charge in [0, 0.05) is 5.56 Å². The van der Waals surface area contributed by atoms with Crippen molar-refractivity contribution >= 4 is 5.78 Å². The minimum atomic E-state index is -0.0700. The second-order valence-corrected chi connectivity index (χ2v) is 4.26. The van der Waals surface area contributed by atoms with Gasteiger partial charge in [0.15, 0.2) is 5.78 Å². The number of aryl methyl sites for hydroxylation is 1. The molecule has 0 saturated carbocycles. The molecule has 0 amide bonds. The summed E-state index contributed by atoms with van der Waals surface area (Å²) in [7, 11) is 3.12. The van der Waals surface area contributed by atoms with Crippen LogP contribution in [-0.2, 0) is 0 Å². The molecule has 0 unspecified atom stereocenters. The molecule has 0 aliphatic carbocycles. The SMILES string of the molecule is COc1ccc(OC)c(C(=O)c2cccc(C)c2)c1. The lowest BCUT2D eigenvalue weighted by Crippen LogP contribution is -2.04. The lowest BCUT2D eigenvalue weighted by atomic mass is 10.0. The highest BCUT2D eigenvalue weighted by molar-refractivity contribution is 6.11. The molecule has 0 spiro atoms. The lowest BCUT2D eigenvalue weighted by Gasteiger charge is -2.10. The molecule has 2 aromatic carbocycles. The van der Waals surface area contributed by atoms with Crippen molar-refractivity contribution in [2.45, 2.75) is 6.92 Å². The van der Waals surface area contributed by atoms with Crippen molar-refractivity contribution in [3.63, 3.8) is 0 Å². The average Bonchev–Trinajstić information content (AvgIpc) is 2.45. The molecule has 0 aliphatic rings. The van der Waals surface area contributed by atoms with Crippen LogP contribution >= 0.6 is 0 Å². The van der Waals surface area contributed by atoms with Gasteiger partial charge in [-0.2, -0.15) is 0 Å².